The van der Waals surface area contributed by atoms with Crippen LogP contribution in [0.3, 0.4) is 0 Å². The van der Waals surface area contributed by atoms with Crippen LogP contribution in [0, 0.1) is 17.0 Å². The Labute approximate surface area is 149 Å². The second kappa shape index (κ2) is 7.18. The number of anilines is 1. The van der Waals surface area contributed by atoms with Crippen LogP contribution in [0.1, 0.15) is 28.5 Å². The zero-order valence-corrected chi connectivity index (χ0v) is 14.4. The summed E-state index contributed by atoms with van der Waals surface area (Å²) >= 11 is 0. The molecule has 2 aromatic heterocycles. The lowest BCUT2D eigenvalue weighted by atomic mass is 10.1. The fourth-order valence-corrected chi connectivity index (χ4v) is 2.68. The molecule has 0 atom stereocenters. The van der Waals surface area contributed by atoms with Crippen LogP contribution in [0.5, 0.6) is 0 Å². The molecule has 2 heterocycles. The van der Waals surface area contributed by atoms with Gasteiger partial charge in [0.1, 0.15) is 6.20 Å². The lowest BCUT2D eigenvalue weighted by Crippen LogP contribution is -2.18. The average molecular weight is 354 g/mol. The van der Waals surface area contributed by atoms with Gasteiger partial charge in [0.2, 0.25) is 5.69 Å². The van der Waals surface area contributed by atoms with Crippen molar-refractivity contribution in [3.8, 4) is 0 Å². The van der Waals surface area contributed by atoms with Gasteiger partial charge in [0.15, 0.2) is 0 Å². The molecule has 0 saturated heterocycles. The maximum Gasteiger partial charge on any atom is 0.320 e. The molecule has 0 radical (unpaired) electrons. The van der Waals surface area contributed by atoms with Crippen molar-refractivity contribution in [3.05, 3.63) is 69.8 Å². The van der Waals surface area contributed by atoms with E-state index < -0.39 is 10.8 Å². The lowest BCUT2D eigenvalue weighted by molar-refractivity contribution is -0.385. The molecule has 3 rings (SSSR count). The summed E-state index contributed by atoms with van der Waals surface area (Å²) in [6.07, 6.45) is 4.27. The fraction of sp³-hybridized carbons (Fsp3) is 0.235. The highest BCUT2D eigenvalue weighted by Crippen LogP contribution is 2.19. The predicted molar refractivity (Wildman–Crippen MR) is 95.0 cm³/mol. The first kappa shape index (κ1) is 17.3. The summed E-state index contributed by atoms with van der Waals surface area (Å²) in [5.74, 6) is -0.592. The fourth-order valence-electron chi connectivity index (χ4n) is 2.68. The maximum absolute atomic E-state index is 12.5. The van der Waals surface area contributed by atoms with Gasteiger partial charge in [-0.2, -0.15) is 10.2 Å². The highest BCUT2D eigenvalue weighted by Gasteiger charge is 2.26. The molecule has 1 amide bonds. The number of nitrogens with one attached hydrogen (secondary N) is 1. The summed E-state index contributed by atoms with van der Waals surface area (Å²) in [7, 11) is 0. The molecule has 26 heavy (non-hydrogen) atoms. The van der Waals surface area contributed by atoms with Gasteiger partial charge >= 0.3 is 5.69 Å². The van der Waals surface area contributed by atoms with Gasteiger partial charge in [-0.05, 0) is 19.4 Å². The molecule has 0 aliphatic heterocycles. The summed E-state index contributed by atoms with van der Waals surface area (Å²) in [6.45, 7) is 4.68. The van der Waals surface area contributed by atoms with Crippen molar-refractivity contribution in [2.24, 2.45) is 0 Å². The van der Waals surface area contributed by atoms with Crippen LogP contribution >= 0.6 is 0 Å². The molecule has 134 valence electrons. The standard InChI is InChI=1S/C17H18N6O3/c1-3-22-16(15(9-19-22)23(25)26)17(24)20-14-8-18-21(11-14)10-13-6-4-5-12(2)7-13/h4-9,11H,3,10H2,1-2H3,(H,20,24). The number of nitro groups is 1. The molecular weight excluding hydrogens is 336 g/mol. The molecule has 0 unspecified atom stereocenters. The number of rotatable bonds is 6. The van der Waals surface area contributed by atoms with Gasteiger partial charge in [-0.15, -0.1) is 0 Å². The molecule has 0 spiro atoms. The molecule has 1 aromatic carbocycles. The number of hydrogen-bond donors (Lipinski definition) is 1. The van der Waals surface area contributed by atoms with Gasteiger partial charge in [0.05, 0.1) is 23.4 Å². The Morgan fingerprint density at radius 3 is 2.81 bits per heavy atom. The second-order valence-electron chi connectivity index (χ2n) is 5.82. The van der Waals surface area contributed by atoms with Crippen LogP contribution in [0.15, 0.2) is 42.9 Å². The predicted octanol–water partition coefficient (Wildman–Crippen LogP) is 2.62. The van der Waals surface area contributed by atoms with Gasteiger partial charge < -0.3 is 5.32 Å². The summed E-state index contributed by atoms with van der Waals surface area (Å²) in [5.41, 5.74) is 2.30. The van der Waals surface area contributed by atoms with Crippen molar-refractivity contribution < 1.29 is 9.72 Å². The van der Waals surface area contributed by atoms with E-state index in [9.17, 15) is 14.9 Å². The first-order valence-electron chi connectivity index (χ1n) is 8.07. The highest BCUT2D eigenvalue weighted by molar-refractivity contribution is 6.05. The second-order valence-corrected chi connectivity index (χ2v) is 5.82. The molecule has 0 bridgehead atoms. The number of amides is 1. The third kappa shape index (κ3) is 3.61. The Kier molecular flexibility index (Phi) is 4.78. The van der Waals surface area contributed by atoms with E-state index in [-0.39, 0.29) is 11.4 Å². The quantitative estimate of drug-likeness (QED) is 0.541. The molecule has 9 heteroatoms. The smallest absolute Gasteiger partial charge is 0.318 e. The number of hydrogen-bond acceptors (Lipinski definition) is 5. The first-order chi connectivity index (χ1) is 12.5. The van der Waals surface area contributed by atoms with Crippen molar-refractivity contribution in [2.45, 2.75) is 26.9 Å². The number of aromatic nitrogens is 4. The van der Waals surface area contributed by atoms with E-state index >= 15 is 0 Å². The van der Waals surface area contributed by atoms with Crippen LogP contribution in [0.2, 0.25) is 0 Å². The SMILES string of the molecule is CCn1ncc([N+](=O)[O-])c1C(=O)Nc1cnn(Cc2cccc(C)c2)c1. The Balaban J connectivity index is 1.76. The Morgan fingerprint density at radius 2 is 2.12 bits per heavy atom. The third-order valence-electron chi connectivity index (χ3n) is 3.85. The number of aryl methyl sites for hydroxylation is 2. The number of carbonyl (C=O) groups is 1. The van der Waals surface area contributed by atoms with Crippen LogP contribution < -0.4 is 5.32 Å². The molecular formula is C17H18N6O3. The van der Waals surface area contributed by atoms with E-state index in [0.717, 1.165) is 17.3 Å². The van der Waals surface area contributed by atoms with Crippen molar-refractivity contribution >= 4 is 17.3 Å². The minimum absolute atomic E-state index is 0.0797. The van der Waals surface area contributed by atoms with Crippen molar-refractivity contribution in [3.63, 3.8) is 0 Å². The summed E-state index contributed by atoms with van der Waals surface area (Å²) in [4.78, 5) is 23.0. The zero-order valence-electron chi connectivity index (χ0n) is 14.4. The van der Waals surface area contributed by atoms with Crippen LogP contribution in [-0.2, 0) is 13.1 Å². The highest BCUT2D eigenvalue weighted by atomic mass is 16.6. The topological polar surface area (TPSA) is 108 Å². The molecule has 0 aliphatic carbocycles. The van der Waals surface area contributed by atoms with Crippen molar-refractivity contribution in [1.82, 2.24) is 19.6 Å². The van der Waals surface area contributed by atoms with E-state index in [0.29, 0.717) is 18.8 Å². The summed E-state index contributed by atoms with van der Waals surface area (Å²) in [5, 5.41) is 21.8. The minimum Gasteiger partial charge on any atom is -0.318 e. The van der Waals surface area contributed by atoms with Crippen LogP contribution in [-0.4, -0.2) is 30.4 Å². The Morgan fingerprint density at radius 1 is 1.31 bits per heavy atom. The summed E-state index contributed by atoms with van der Waals surface area (Å²) in [6, 6.07) is 8.04. The van der Waals surface area contributed by atoms with E-state index in [2.05, 4.69) is 21.6 Å². The molecule has 3 aromatic rings. The average Bonchev–Trinajstić information content (AvgIpc) is 3.21. The van der Waals surface area contributed by atoms with Gasteiger partial charge in [-0.3, -0.25) is 24.3 Å². The first-order valence-corrected chi connectivity index (χ1v) is 8.07. The van der Waals surface area contributed by atoms with Gasteiger partial charge in [-0.25, -0.2) is 0 Å². The number of nitrogens with zero attached hydrogens (tertiary/aromatic N) is 5. The third-order valence-corrected chi connectivity index (χ3v) is 3.85. The molecule has 0 saturated carbocycles. The normalized spacial score (nSPS) is 10.7. The van der Waals surface area contributed by atoms with Gasteiger partial charge in [-0.1, -0.05) is 29.8 Å². The van der Waals surface area contributed by atoms with Crippen LogP contribution in [0.4, 0.5) is 11.4 Å². The molecule has 1 N–H and O–H groups in total. The molecule has 0 fully saturated rings. The molecule has 9 nitrogen and oxygen atoms in total. The molecule has 0 aliphatic rings. The lowest BCUT2D eigenvalue weighted by Gasteiger charge is -2.05. The van der Waals surface area contributed by atoms with E-state index in [1.165, 1.54) is 10.9 Å². The van der Waals surface area contributed by atoms with E-state index in [1.54, 1.807) is 17.8 Å². The zero-order chi connectivity index (χ0) is 18.7. The van der Waals surface area contributed by atoms with E-state index in [4.69, 9.17) is 0 Å². The Bertz CT molecular complexity index is 959. The van der Waals surface area contributed by atoms with Crippen LogP contribution in [0.25, 0.3) is 0 Å². The van der Waals surface area contributed by atoms with Crippen molar-refractivity contribution in [2.75, 3.05) is 5.32 Å². The minimum atomic E-state index is -0.616. The largest absolute Gasteiger partial charge is 0.320 e. The number of benzene rings is 1. The Hall–Kier alpha value is -3.49. The number of carbonyl (C=O) groups excluding carboxylic acids is 1. The monoisotopic (exact) mass is 354 g/mol. The van der Waals surface area contributed by atoms with Gasteiger partial charge in [0.25, 0.3) is 5.91 Å². The van der Waals surface area contributed by atoms with E-state index in [1.807, 2.05) is 25.1 Å². The summed E-state index contributed by atoms with van der Waals surface area (Å²) < 4.78 is 2.99. The van der Waals surface area contributed by atoms with Crippen molar-refractivity contribution in [1.29, 1.82) is 0 Å². The maximum atomic E-state index is 12.5. The van der Waals surface area contributed by atoms with Gasteiger partial charge in [0, 0.05) is 12.7 Å².